The molecule has 5 rings (SSSR count). The number of halogens is 4. The first-order valence-electron chi connectivity index (χ1n) is 11.9. The van der Waals surface area contributed by atoms with Crippen LogP contribution in [0.25, 0.3) is 0 Å². The number of carbonyl (C=O) groups is 3. The van der Waals surface area contributed by atoms with Crippen molar-refractivity contribution in [1.29, 1.82) is 0 Å². The van der Waals surface area contributed by atoms with E-state index in [0.29, 0.717) is 25.7 Å². The monoisotopic (exact) mass is 585 g/mol. The Hall–Kier alpha value is -3.31. The Bertz CT molecular complexity index is 1250. The lowest BCUT2D eigenvalue weighted by Gasteiger charge is -2.56. The molecule has 3 fully saturated rings. The van der Waals surface area contributed by atoms with Crippen molar-refractivity contribution in [1.82, 2.24) is 10.6 Å². The maximum absolute atomic E-state index is 13.7. The lowest BCUT2D eigenvalue weighted by Crippen LogP contribution is -2.71. The van der Waals surface area contributed by atoms with Crippen LogP contribution in [0.5, 0.6) is 11.5 Å². The van der Waals surface area contributed by atoms with E-state index in [2.05, 4.69) is 22.5 Å². The van der Waals surface area contributed by atoms with E-state index in [1.807, 2.05) is 0 Å². The van der Waals surface area contributed by atoms with Crippen LogP contribution in [0.1, 0.15) is 32.1 Å². The molecule has 209 valence electrons. The van der Waals surface area contributed by atoms with Gasteiger partial charge in [0.25, 0.3) is 11.8 Å². The molecule has 3 saturated carbocycles. The van der Waals surface area contributed by atoms with E-state index in [1.54, 1.807) is 0 Å². The fraction of sp³-hybridized carbons (Fsp3) is 0.385. The van der Waals surface area contributed by atoms with Crippen molar-refractivity contribution >= 4 is 41.2 Å². The second kappa shape index (κ2) is 11.8. The molecule has 39 heavy (non-hydrogen) atoms. The van der Waals surface area contributed by atoms with Crippen LogP contribution in [0.2, 0.25) is 10.0 Å². The summed E-state index contributed by atoms with van der Waals surface area (Å²) in [6, 6.07) is 7.64. The van der Waals surface area contributed by atoms with Gasteiger partial charge in [0.05, 0.1) is 15.6 Å². The third-order valence-corrected chi connectivity index (χ3v) is 7.58. The molecule has 1 atom stereocenters. The first-order valence-corrected chi connectivity index (χ1v) is 12.7. The zero-order chi connectivity index (χ0) is 28.2. The van der Waals surface area contributed by atoms with Crippen LogP contribution in [0.15, 0.2) is 36.4 Å². The third-order valence-electron chi connectivity index (χ3n) is 6.96. The van der Waals surface area contributed by atoms with E-state index in [0.717, 1.165) is 12.1 Å². The molecule has 3 aliphatic carbocycles. The average Bonchev–Trinajstić information content (AvgIpc) is 2.91. The van der Waals surface area contributed by atoms with Gasteiger partial charge in [0, 0.05) is 24.1 Å². The molecule has 1 radical (unpaired) electrons. The maximum Gasteiger partial charge on any atom is 0.508 e. The Labute approximate surface area is 233 Å². The molecular weight excluding hydrogens is 561 g/mol. The van der Waals surface area contributed by atoms with Gasteiger partial charge in [-0.25, -0.2) is 13.6 Å². The Balaban J connectivity index is 1.38. The van der Waals surface area contributed by atoms with Crippen molar-refractivity contribution in [3.8, 4) is 11.5 Å². The predicted molar refractivity (Wildman–Crippen MR) is 135 cm³/mol. The number of nitrogens with one attached hydrogen (secondary N) is 2. The Kier molecular flexibility index (Phi) is 8.70. The lowest BCUT2D eigenvalue weighted by molar-refractivity contribution is -0.138. The van der Waals surface area contributed by atoms with Crippen LogP contribution in [0.3, 0.4) is 0 Å². The highest BCUT2D eigenvalue weighted by Crippen LogP contribution is 2.48. The van der Waals surface area contributed by atoms with Gasteiger partial charge >= 0.3 is 6.16 Å². The molecule has 13 heteroatoms. The van der Waals surface area contributed by atoms with Crippen LogP contribution in [0, 0.1) is 18.7 Å². The van der Waals surface area contributed by atoms with Crippen LogP contribution in [-0.2, 0) is 19.1 Å². The largest absolute Gasteiger partial charge is 0.508 e. The van der Waals surface area contributed by atoms with Crippen molar-refractivity contribution in [3.05, 3.63) is 65.2 Å². The van der Waals surface area contributed by atoms with Crippen molar-refractivity contribution in [2.45, 2.75) is 49.3 Å². The number of hydrogen-bond donors (Lipinski definition) is 2. The SMILES string of the molecule is [CH2]OC(=O)O[C@H]1CC2(NC(=O)COc3ccc(Cl)c(F)c3)CCC1(NC(=O)COc1ccc(Cl)c(F)c1)CC2. The third kappa shape index (κ3) is 6.83. The molecule has 0 unspecified atom stereocenters. The minimum absolute atomic E-state index is 0.0667. The minimum Gasteiger partial charge on any atom is -0.484 e. The number of carbonyl (C=O) groups excluding carboxylic acids is 3. The Morgan fingerprint density at radius 3 is 1.87 bits per heavy atom. The molecule has 0 saturated heterocycles. The summed E-state index contributed by atoms with van der Waals surface area (Å²) >= 11 is 11.3. The second-order valence-corrected chi connectivity index (χ2v) is 10.3. The zero-order valence-corrected chi connectivity index (χ0v) is 22.1. The van der Waals surface area contributed by atoms with E-state index in [1.165, 1.54) is 24.3 Å². The van der Waals surface area contributed by atoms with E-state index < -0.39 is 53.4 Å². The lowest BCUT2D eigenvalue weighted by atomic mass is 9.59. The van der Waals surface area contributed by atoms with Crippen molar-refractivity contribution in [2.75, 3.05) is 13.2 Å². The zero-order valence-electron chi connectivity index (χ0n) is 20.6. The second-order valence-electron chi connectivity index (χ2n) is 9.47. The summed E-state index contributed by atoms with van der Waals surface area (Å²) in [5, 5.41) is 5.71. The summed E-state index contributed by atoms with van der Waals surface area (Å²) in [5.41, 5.74) is -1.68. The molecular formula is C26H25Cl2F2N2O7. The van der Waals surface area contributed by atoms with Gasteiger partial charge in [0.1, 0.15) is 36.3 Å². The van der Waals surface area contributed by atoms with Gasteiger partial charge in [-0.3, -0.25) is 9.59 Å². The van der Waals surface area contributed by atoms with Crippen LogP contribution >= 0.6 is 23.2 Å². The summed E-state index contributed by atoms with van der Waals surface area (Å²) in [5.74, 6) is -2.06. The van der Waals surface area contributed by atoms with Crippen LogP contribution in [0.4, 0.5) is 13.6 Å². The molecule has 0 aliphatic heterocycles. The highest BCUT2D eigenvalue weighted by molar-refractivity contribution is 6.31. The highest BCUT2D eigenvalue weighted by atomic mass is 35.5. The standard InChI is InChI=1S/C26H25Cl2F2N2O7/c1-36-24(35)39-21-12-25(31-22(33)13-37-15-2-4-17(27)19(29)10-15)6-8-26(21,9-7-25)32-23(34)14-38-16-3-5-18(28)20(30)11-16/h2-5,10-11,21H,1,6-9,12-14H2,(H,31,33)(H,32,34)/t21-,25?,26?/m0/s1. The molecule has 9 nitrogen and oxygen atoms in total. The van der Waals surface area contributed by atoms with Gasteiger partial charge < -0.3 is 29.6 Å². The summed E-state index contributed by atoms with van der Waals surface area (Å²) < 4.78 is 47.9. The van der Waals surface area contributed by atoms with Gasteiger partial charge in [-0.05, 0) is 49.9 Å². The smallest absolute Gasteiger partial charge is 0.484 e. The van der Waals surface area contributed by atoms with Gasteiger partial charge in [-0.2, -0.15) is 0 Å². The molecule has 2 bridgehead atoms. The maximum atomic E-state index is 13.7. The van der Waals surface area contributed by atoms with Gasteiger partial charge in [-0.1, -0.05) is 23.2 Å². The first kappa shape index (κ1) is 28.7. The van der Waals surface area contributed by atoms with Crippen molar-refractivity contribution in [2.24, 2.45) is 0 Å². The van der Waals surface area contributed by atoms with Crippen molar-refractivity contribution < 1.29 is 42.1 Å². The first-order chi connectivity index (χ1) is 18.5. The number of amides is 2. The number of fused-ring (bicyclic) bond motifs is 3. The molecule has 3 aliphatic rings. The van der Waals surface area contributed by atoms with Crippen molar-refractivity contribution in [3.63, 3.8) is 0 Å². The van der Waals surface area contributed by atoms with Gasteiger partial charge in [-0.15, -0.1) is 0 Å². The number of rotatable bonds is 9. The predicted octanol–water partition coefficient (Wildman–Crippen LogP) is 4.73. The fourth-order valence-corrected chi connectivity index (χ4v) is 5.25. The molecule has 0 aromatic heterocycles. The minimum atomic E-state index is -1.04. The fourth-order valence-electron chi connectivity index (χ4n) is 5.01. The summed E-state index contributed by atoms with van der Waals surface area (Å²) in [7, 11) is 3.06. The van der Waals surface area contributed by atoms with Gasteiger partial charge in [0.2, 0.25) is 0 Å². The molecule has 2 N–H and O–H groups in total. The number of ether oxygens (including phenoxy) is 4. The summed E-state index contributed by atoms with van der Waals surface area (Å²) in [6.45, 7) is -0.792. The highest BCUT2D eigenvalue weighted by Gasteiger charge is 2.57. The molecule has 2 aromatic carbocycles. The van der Waals surface area contributed by atoms with Gasteiger partial charge in [0.15, 0.2) is 13.2 Å². The van der Waals surface area contributed by atoms with E-state index >= 15 is 0 Å². The van der Waals surface area contributed by atoms with Crippen LogP contribution in [-0.4, -0.2) is 48.4 Å². The topological polar surface area (TPSA) is 112 Å². The molecule has 0 heterocycles. The van der Waals surface area contributed by atoms with E-state index in [4.69, 9.17) is 37.4 Å². The summed E-state index contributed by atoms with van der Waals surface area (Å²) in [4.78, 5) is 37.4. The molecule has 2 amide bonds. The van der Waals surface area contributed by atoms with Crippen LogP contribution < -0.4 is 20.1 Å². The summed E-state index contributed by atoms with van der Waals surface area (Å²) in [6.07, 6.45) is -0.0254. The van der Waals surface area contributed by atoms with E-state index in [-0.39, 0.29) is 34.6 Å². The normalized spacial score (nSPS) is 23.5. The number of benzene rings is 2. The van der Waals surface area contributed by atoms with E-state index in [9.17, 15) is 23.2 Å². The quantitative estimate of drug-likeness (QED) is 0.409. The Morgan fingerprint density at radius 2 is 1.38 bits per heavy atom. The molecule has 2 aromatic rings. The Morgan fingerprint density at radius 1 is 0.872 bits per heavy atom. The number of hydrogen-bond acceptors (Lipinski definition) is 7. The average molecular weight is 586 g/mol. The molecule has 0 spiro atoms.